The van der Waals surface area contributed by atoms with E-state index in [0.717, 1.165) is 0 Å². The molecular formula is C11H11N3O4. The lowest BCUT2D eigenvalue weighted by Crippen LogP contribution is -2.20. The number of carboxylic acids is 1. The minimum atomic E-state index is -0.999. The Hall–Kier alpha value is -2.62. The Bertz CT molecular complexity index is 522. The molecule has 0 amide bonds. The monoisotopic (exact) mass is 249 g/mol. The fraction of sp³-hybridized carbons (Fsp3) is 0.273. The number of hydrogen-bond acceptors (Lipinski definition) is 5. The smallest absolute Gasteiger partial charge is 0.308 e. The molecule has 0 aliphatic heterocycles. The zero-order valence-corrected chi connectivity index (χ0v) is 9.58. The fourth-order valence-electron chi connectivity index (χ4n) is 1.26. The molecule has 2 N–H and O–H groups in total. The molecule has 0 aromatic heterocycles. The molecule has 1 unspecified atom stereocenters. The third-order valence-electron chi connectivity index (χ3n) is 2.34. The van der Waals surface area contributed by atoms with Gasteiger partial charge in [0.2, 0.25) is 0 Å². The summed E-state index contributed by atoms with van der Waals surface area (Å²) in [7, 11) is 0. The highest BCUT2D eigenvalue weighted by Crippen LogP contribution is 2.25. The van der Waals surface area contributed by atoms with E-state index in [-0.39, 0.29) is 23.5 Å². The summed E-state index contributed by atoms with van der Waals surface area (Å²) in [6.45, 7) is 1.53. The molecule has 7 nitrogen and oxygen atoms in total. The Morgan fingerprint density at radius 3 is 2.83 bits per heavy atom. The lowest BCUT2D eigenvalue weighted by molar-refractivity contribution is -0.384. The van der Waals surface area contributed by atoms with Crippen molar-refractivity contribution >= 4 is 17.3 Å². The summed E-state index contributed by atoms with van der Waals surface area (Å²) >= 11 is 0. The highest BCUT2D eigenvalue weighted by atomic mass is 16.6. The molecule has 1 rings (SSSR count). The molecule has 18 heavy (non-hydrogen) atoms. The van der Waals surface area contributed by atoms with E-state index in [1.54, 1.807) is 0 Å². The second kappa shape index (κ2) is 5.63. The first-order valence-electron chi connectivity index (χ1n) is 5.11. The van der Waals surface area contributed by atoms with E-state index in [1.165, 1.54) is 25.1 Å². The fourth-order valence-corrected chi connectivity index (χ4v) is 1.26. The first kappa shape index (κ1) is 13.4. The first-order valence-corrected chi connectivity index (χ1v) is 5.11. The van der Waals surface area contributed by atoms with Gasteiger partial charge in [-0.25, -0.2) is 0 Å². The van der Waals surface area contributed by atoms with Crippen LogP contribution in [0.4, 0.5) is 11.4 Å². The summed E-state index contributed by atoms with van der Waals surface area (Å²) in [6, 6.07) is 5.74. The van der Waals surface area contributed by atoms with Crippen molar-refractivity contribution in [3.8, 4) is 6.07 Å². The number of nitro benzene ring substituents is 1. The van der Waals surface area contributed by atoms with Crippen LogP contribution in [0.1, 0.15) is 12.5 Å². The molecule has 0 spiro atoms. The molecule has 94 valence electrons. The van der Waals surface area contributed by atoms with E-state index in [4.69, 9.17) is 10.4 Å². The summed E-state index contributed by atoms with van der Waals surface area (Å²) < 4.78 is 0. The van der Waals surface area contributed by atoms with Crippen molar-refractivity contribution in [3.63, 3.8) is 0 Å². The summed E-state index contributed by atoms with van der Waals surface area (Å²) in [5.41, 5.74) is 0.227. The zero-order valence-electron chi connectivity index (χ0n) is 9.58. The van der Waals surface area contributed by atoms with Gasteiger partial charge in [-0.3, -0.25) is 14.9 Å². The van der Waals surface area contributed by atoms with Gasteiger partial charge in [0.15, 0.2) is 0 Å². The number of nitrogens with one attached hydrogen (secondary N) is 1. The average molecular weight is 249 g/mol. The van der Waals surface area contributed by atoms with Crippen molar-refractivity contribution in [3.05, 3.63) is 33.9 Å². The number of aliphatic carboxylic acids is 1. The molecule has 0 bridgehead atoms. The number of rotatable bonds is 5. The summed E-state index contributed by atoms with van der Waals surface area (Å²) in [5, 5.41) is 30.9. The van der Waals surface area contributed by atoms with Gasteiger partial charge < -0.3 is 10.4 Å². The molecule has 1 aromatic rings. The molecule has 0 fully saturated rings. The average Bonchev–Trinajstić information content (AvgIpc) is 2.34. The normalized spacial score (nSPS) is 11.3. The van der Waals surface area contributed by atoms with E-state index < -0.39 is 16.8 Å². The van der Waals surface area contributed by atoms with Crippen LogP contribution in [-0.4, -0.2) is 22.5 Å². The number of nitro groups is 1. The third kappa shape index (κ3) is 3.18. The highest BCUT2D eigenvalue weighted by Gasteiger charge is 2.16. The summed E-state index contributed by atoms with van der Waals surface area (Å²) in [5.74, 6) is -1.68. The lowest BCUT2D eigenvalue weighted by atomic mass is 10.1. The van der Waals surface area contributed by atoms with Gasteiger partial charge >= 0.3 is 5.97 Å². The Morgan fingerprint density at radius 1 is 1.67 bits per heavy atom. The van der Waals surface area contributed by atoms with Crippen LogP contribution in [0.25, 0.3) is 0 Å². The van der Waals surface area contributed by atoms with Crippen molar-refractivity contribution in [1.82, 2.24) is 0 Å². The van der Waals surface area contributed by atoms with E-state index in [0.29, 0.717) is 0 Å². The van der Waals surface area contributed by atoms with Crippen molar-refractivity contribution in [1.29, 1.82) is 5.26 Å². The van der Waals surface area contributed by atoms with Gasteiger partial charge in [-0.1, -0.05) is 6.92 Å². The topological polar surface area (TPSA) is 116 Å². The van der Waals surface area contributed by atoms with Gasteiger partial charge in [0.25, 0.3) is 5.69 Å². The molecule has 0 aliphatic carbocycles. The van der Waals surface area contributed by atoms with Crippen LogP contribution in [0.5, 0.6) is 0 Å². The van der Waals surface area contributed by atoms with E-state index >= 15 is 0 Å². The number of hydrogen-bond donors (Lipinski definition) is 2. The molecule has 1 aromatic carbocycles. The van der Waals surface area contributed by atoms with Crippen LogP contribution in [0.2, 0.25) is 0 Å². The summed E-state index contributed by atoms with van der Waals surface area (Å²) in [6.07, 6.45) is 0. The van der Waals surface area contributed by atoms with Gasteiger partial charge in [-0.2, -0.15) is 5.26 Å². The summed E-state index contributed by atoms with van der Waals surface area (Å²) in [4.78, 5) is 20.8. The van der Waals surface area contributed by atoms with Crippen molar-refractivity contribution < 1.29 is 14.8 Å². The number of benzene rings is 1. The Morgan fingerprint density at radius 2 is 2.33 bits per heavy atom. The standard InChI is InChI=1S/C11H11N3O4/c1-7(11(15)16)6-13-9-4-8(5-12)2-3-10(9)14(17)18/h2-4,7,13H,6H2,1H3,(H,15,16). The molecule has 1 atom stereocenters. The maximum atomic E-state index is 10.8. The van der Waals surface area contributed by atoms with Crippen LogP contribution in [0.15, 0.2) is 18.2 Å². The molecular weight excluding hydrogens is 238 g/mol. The highest BCUT2D eigenvalue weighted by molar-refractivity contribution is 5.71. The minimum absolute atomic E-state index is 0.0467. The second-order valence-electron chi connectivity index (χ2n) is 3.72. The number of carbonyl (C=O) groups is 1. The quantitative estimate of drug-likeness (QED) is 0.604. The van der Waals surface area contributed by atoms with E-state index in [1.807, 2.05) is 6.07 Å². The number of anilines is 1. The van der Waals surface area contributed by atoms with Crippen molar-refractivity contribution in [2.24, 2.45) is 5.92 Å². The molecule has 0 aliphatic rings. The zero-order chi connectivity index (χ0) is 13.7. The van der Waals surface area contributed by atoms with Gasteiger partial charge in [-0.15, -0.1) is 0 Å². The lowest BCUT2D eigenvalue weighted by Gasteiger charge is -2.10. The SMILES string of the molecule is CC(CNc1cc(C#N)ccc1[N+](=O)[O-])C(=O)O. The maximum Gasteiger partial charge on any atom is 0.308 e. The molecule has 0 saturated carbocycles. The molecule has 0 radical (unpaired) electrons. The van der Waals surface area contributed by atoms with Gasteiger partial charge in [0, 0.05) is 12.6 Å². The van der Waals surface area contributed by atoms with E-state index in [9.17, 15) is 14.9 Å². The second-order valence-corrected chi connectivity index (χ2v) is 3.72. The maximum absolute atomic E-state index is 10.8. The molecule has 0 saturated heterocycles. The Kier molecular flexibility index (Phi) is 4.21. The predicted octanol–water partition coefficient (Wildman–Crippen LogP) is 1.60. The van der Waals surface area contributed by atoms with E-state index in [2.05, 4.69) is 5.32 Å². The van der Waals surface area contributed by atoms with Crippen LogP contribution < -0.4 is 5.32 Å². The van der Waals surface area contributed by atoms with Crippen LogP contribution in [0.3, 0.4) is 0 Å². The Labute approximate surface area is 103 Å². The predicted molar refractivity (Wildman–Crippen MR) is 63.1 cm³/mol. The van der Waals surface area contributed by atoms with Gasteiger partial charge in [0.1, 0.15) is 5.69 Å². The molecule has 7 heteroatoms. The van der Waals surface area contributed by atoms with Crippen molar-refractivity contribution in [2.75, 3.05) is 11.9 Å². The van der Waals surface area contributed by atoms with Crippen LogP contribution >= 0.6 is 0 Å². The number of nitrogens with zero attached hydrogens (tertiary/aromatic N) is 2. The minimum Gasteiger partial charge on any atom is -0.481 e. The van der Waals surface area contributed by atoms with Gasteiger partial charge in [0.05, 0.1) is 22.5 Å². The Balaban J connectivity index is 2.95. The first-order chi connectivity index (χ1) is 8.45. The molecule has 0 heterocycles. The largest absolute Gasteiger partial charge is 0.481 e. The van der Waals surface area contributed by atoms with Gasteiger partial charge in [-0.05, 0) is 12.1 Å². The number of nitriles is 1. The van der Waals surface area contributed by atoms with Crippen LogP contribution in [0, 0.1) is 27.4 Å². The van der Waals surface area contributed by atoms with Crippen LogP contribution in [-0.2, 0) is 4.79 Å². The number of carboxylic acid groups (broad SMARTS) is 1. The third-order valence-corrected chi connectivity index (χ3v) is 2.34. The van der Waals surface area contributed by atoms with Crippen molar-refractivity contribution in [2.45, 2.75) is 6.92 Å².